The molecule has 0 aliphatic carbocycles. The van der Waals surface area contributed by atoms with Crippen molar-refractivity contribution in [1.29, 1.82) is 0 Å². The summed E-state index contributed by atoms with van der Waals surface area (Å²) in [5.41, 5.74) is 7.44. The van der Waals surface area contributed by atoms with E-state index in [4.69, 9.17) is 14.5 Å². The van der Waals surface area contributed by atoms with Crippen LogP contribution in [0.3, 0.4) is 0 Å². The summed E-state index contributed by atoms with van der Waals surface area (Å²) in [4.78, 5) is 4.97. The second-order valence-corrected chi connectivity index (χ2v) is 11.1. The van der Waals surface area contributed by atoms with Gasteiger partial charge in [0.1, 0.15) is 5.76 Å². The lowest BCUT2D eigenvalue weighted by Crippen LogP contribution is -2.04. The quantitative estimate of drug-likeness (QED) is 0.127. The normalized spacial score (nSPS) is 11.4. The van der Waals surface area contributed by atoms with Crippen molar-refractivity contribution < 1.29 is 4.42 Å². The van der Waals surface area contributed by atoms with Crippen LogP contribution in [0.4, 0.5) is 0 Å². The van der Waals surface area contributed by atoms with Gasteiger partial charge >= 0.3 is 0 Å². The van der Waals surface area contributed by atoms with Crippen LogP contribution in [0.5, 0.6) is 0 Å². The standard InChI is InChI=1S/C37H28N4OS/c1-3-10-27(11-4-1)17-18-28-19-21-29(22-20-28)26-43-37-40-39-36(41(37)25-31-14-9-23-42-31)33-24-35(30-12-5-2-6-13-30)38-34-16-8-7-15-32(33)34/h1-24H,25-26H2. The lowest BCUT2D eigenvalue weighted by atomic mass is 10.0. The highest BCUT2D eigenvalue weighted by atomic mass is 32.2. The van der Waals surface area contributed by atoms with Crippen molar-refractivity contribution in [2.45, 2.75) is 17.5 Å². The molecule has 6 heteroatoms. The van der Waals surface area contributed by atoms with E-state index in [-0.39, 0.29) is 0 Å². The maximum absolute atomic E-state index is 5.76. The molecule has 0 N–H and O–H groups in total. The highest BCUT2D eigenvalue weighted by molar-refractivity contribution is 7.98. The first kappa shape index (κ1) is 26.7. The average molecular weight is 577 g/mol. The van der Waals surface area contributed by atoms with Crippen molar-refractivity contribution in [3.8, 4) is 22.6 Å². The first-order valence-corrected chi connectivity index (χ1v) is 15.1. The third-order valence-electron chi connectivity index (χ3n) is 7.25. The fourth-order valence-corrected chi connectivity index (χ4v) is 5.94. The smallest absolute Gasteiger partial charge is 0.192 e. The topological polar surface area (TPSA) is 56.7 Å². The van der Waals surface area contributed by atoms with Crippen molar-refractivity contribution in [1.82, 2.24) is 19.7 Å². The Morgan fingerprint density at radius 3 is 2.19 bits per heavy atom. The number of thioether (sulfide) groups is 1. The Balaban J connectivity index is 1.20. The zero-order valence-corrected chi connectivity index (χ0v) is 24.2. The Morgan fingerprint density at radius 1 is 0.698 bits per heavy atom. The van der Waals surface area contributed by atoms with E-state index in [1.807, 2.05) is 54.6 Å². The van der Waals surface area contributed by atoms with Gasteiger partial charge in [0.25, 0.3) is 0 Å². The Morgan fingerprint density at radius 2 is 1.42 bits per heavy atom. The Kier molecular flexibility index (Phi) is 7.66. The third-order valence-corrected chi connectivity index (χ3v) is 8.29. The summed E-state index contributed by atoms with van der Waals surface area (Å²) in [7, 11) is 0. The predicted octanol–water partition coefficient (Wildman–Crippen LogP) is 9.26. The van der Waals surface area contributed by atoms with Crippen molar-refractivity contribution in [3.05, 3.63) is 156 Å². The van der Waals surface area contributed by atoms with E-state index in [0.717, 1.165) is 50.2 Å². The first-order valence-electron chi connectivity index (χ1n) is 14.2. The molecule has 0 amide bonds. The molecule has 7 aromatic rings. The molecular weight excluding hydrogens is 549 g/mol. The zero-order valence-electron chi connectivity index (χ0n) is 23.4. The largest absolute Gasteiger partial charge is 0.467 e. The minimum absolute atomic E-state index is 0.526. The maximum atomic E-state index is 5.76. The molecule has 7 rings (SSSR count). The SMILES string of the molecule is C(=Cc1ccc(CSc2nnc(-c3cc(-c4ccccc4)nc4ccccc34)n2Cc2ccco2)cc1)c1ccccc1. The van der Waals surface area contributed by atoms with Crippen LogP contribution in [0.25, 0.3) is 45.7 Å². The van der Waals surface area contributed by atoms with Gasteiger partial charge in [-0.25, -0.2) is 4.98 Å². The average Bonchev–Trinajstić information content (AvgIpc) is 3.74. The first-order chi connectivity index (χ1) is 21.3. The molecule has 208 valence electrons. The Labute approximate surface area is 254 Å². The number of benzene rings is 4. The van der Waals surface area contributed by atoms with Gasteiger partial charge in [-0.05, 0) is 41.0 Å². The fraction of sp³-hybridized carbons (Fsp3) is 0.0541. The van der Waals surface area contributed by atoms with Gasteiger partial charge in [0.2, 0.25) is 0 Å². The van der Waals surface area contributed by atoms with Gasteiger partial charge in [0.05, 0.1) is 24.0 Å². The second-order valence-electron chi connectivity index (χ2n) is 10.2. The lowest BCUT2D eigenvalue weighted by molar-refractivity contribution is 0.485. The summed E-state index contributed by atoms with van der Waals surface area (Å²) < 4.78 is 7.91. The monoisotopic (exact) mass is 576 g/mol. The van der Waals surface area contributed by atoms with Gasteiger partial charge in [-0.3, -0.25) is 4.57 Å². The predicted molar refractivity (Wildman–Crippen MR) is 175 cm³/mol. The number of aromatic nitrogens is 4. The molecule has 0 radical (unpaired) electrons. The van der Waals surface area contributed by atoms with Crippen LogP contribution in [0.1, 0.15) is 22.5 Å². The van der Waals surface area contributed by atoms with Gasteiger partial charge in [0, 0.05) is 22.3 Å². The van der Waals surface area contributed by atoms with Crippen LogP contribution >= 0.6 is 11.8 Å². The van der Waals surface area contributed by atoms with Crippen molar-refractivity contribution >= 4 is 34.8 Å². The van der Waals surface area contributed by atoms with Crippen molar-refractivity contribution in [3.63, 3.8) is 0 Å². The number of hydrogen-bond acceptors (Lipinski definition) is 5. The van der Waals surface area contributed by atoms with Crippen LogP contribution in [-0.2, 0) is 12.3 Å². The van der Waals surface area contributed by atoms with Gasteiger partial charge in [-0.1, -0.05) is 127 Å². The minimum atomic E-state index is 0.526. The Bertz CT molecular complexity index is 1980. The molecule has 5 nitrogen and oxygen atoms in total. The maximum Gasteiger partial charge on any atom is 0.192 e. The molecule has 0 bridgehead atoms. The number of fused-ring (bicyclic) bond motifs is 1. The van der Waals surface area contributed by atoms with E-state index in [0.29, 0.717) is 6.54 Å². The molecule has 0 saturated carbocycles. The highest BCUT2D eigenvalue weighted by Crippen LogP contribution is 2.34. The van der Waals surface area contributed by atoms with Crippen LogP contribution in [0.15, 0.2) is 143 Å². The summed E-state index contributed by atoms with van der Waals surface area (Å²) in [5.74, 6) is 2.40. The van der Waals surface area contributed by atoms with Crippen molar-refractivity contribution in [2.24, 2.45) is 0 Å². The number of para-hydroxylation sites is 1. The highest BCUT2D eigenvalue weighted by Gasteiger charge is 2.19. The molecule has 0 atom stereocenters. The molecule has 0 aliphatic rings. The molecular formula is C37H28N4OS. The molecule has 3 heterocycles. The summed E-state index contributed by atoms with van der Waals surface area (Å²) in [6.07, 6.45) is 5.98. The van der Waals surface area contributed by atoms with Gasteiger partial charge in [-0.2, -0.15) is 0 Å². The number of pyridine rings is 1. The van der Waals surface area contributed by atoms with Crippen LogP contribution in [-0.4, -0.2) is 19.7 Å². The van der Waals surface area contributed by atoms with E-state index in [1.165, 1.54) is 16.7 Å². The summed E-state index contributed by atoms with van der Waals surface area (Å²) in [5, 5.41) is 11.3. The molecule has 0 spiro atoms. The Hall–Kier alpha value is -5.20. The minimum Gasteiger partial charge on any atom is -0.467 e. The van der Waals surface area contributed by atoms with Gasteiger partial charge < -0.3 is 4.42 Å². The lowest BCUT2D eigenvalue weighted by Gasteiger charge is -2.12. The van der Waals surface area contributed by atoms with Crippen LogP contribution in [0.2, 0.25) is 0 Å². The number of furan rings is 1. The number of hydrogen-bond donors (Lipinski definition) is 0. The molecule has 0 aliphatic heterocycles. The molecule has 43 heavy (non-hydrogen) atoms. The summed E-state index contributed by atoms with van der Waals surface area (Å²) in [6.45, 7) is 0.526. The van der Waals surface area contributed by atoms with E-state index in [1.54, 1.807) is 18.0 Å². The van der Waals surface area contributed by atoms with E-state index < -0.39 is 0 Å². The van der Waals surface area contributed by atoms with E-state index in [9.17, 15) is 0 Å². The zero-order chi connectivity index (χ0) is 28.8. The molecule has 0 unspecified atom stereocenters. The van der Waals surface area contributed by atoms with Gasteiger partial charge in [-0.15, -0.1) is 10.2 Å². The number of rotatable bonds is 9. The fourth-order valence-electron chi connectivity index (χ4n) is 5.04. The molecule has 4 aromatic carbocycles. The molecule has 0 saturated heterocycles. The van der Waals surface area contributed by atoms with Gasteiger partial charge in [0.15, 0.2) is 11.0 Å². The number of nitrogens with zero attached hydrogens (tertiary/aromatic N) is 4. The van der Waals surface area contributed by atoms with E-state index >= 15 is 0 Å². The van der Waals surface area contributed by atoms with Crippen LogP contribution < -0.4 is 0 Å². The van der Waals surface area contributed by atoms with E-state index in [2.05, 4.69) is 94.6 Å². The molecule has 3 aromatic heterocycles. The summed E-state index contributed by atoms with van der Waals surface area (Å²) >= 11 is 1.67. The summed E-state index contributed by atoms with van der Waals surface area (Å²) in [6, 6.07) is 43.5. The second kappa shape index (κ2) is 12.3. The third kappa shape index (κ3) is 6.05. The van der Waals surface area contributed by atoms with Crippen LogP contribution in [0, 0.1) is 0 Å². The van der Waals surface area contributed by atoms with Crippen molar-refractivity contribution in [2.75, 3.05) is 0 Å². The molecule has 0 fully saturated rings.